The number of nitrogens with one attached hydrogen (secondary N) is 1. The van der Waals surface area contributed by atoms with Crippen molar-refractivity contribution in [3.63, 3.8) is 0 Å². The van der Waals surface area contributed by atoms with Gasteiger partial charge in [0.25, 0.3) is 0 Å². The van der Waals surface area contributed by atoms with Gasteiger partial charge in [0.1, 0.15) is 5.78 Å². The minimum Gasteiger partial charge on any atom is -0.299 e. The Morgan fingerprint density at radius 2 is 1.96 bits per heavy atom. The number of hydrogen-bond acceptors (Lipinski definition) is 3. The molecule has 0 radical (unpaired) electrons. The maximum atomic E-state index is 12.8. The summed E-state index contributed by atoms with van der Waals surface area (Å²) in [5.41, 5.74) is -0.834. The van der Waals surface area contributed by atoms with E-state index in [0.29, 0.717) is 18.3 Å². The number of sulfonamides is 1. The first kappa shape index (κ1) is 17.4. The van der Waals surface area contributed by atoms with Crippen LogP contribution in [0.2, 0.25) is 0 Å². The molecule has 5 heteroatoms. The Kier molecular flexibility index (Phi) is 4.41. The van der Waals surface area contributed by atoms with Crippen molar-refractivity contribution in [2.24, 2.45) is 22.7 Å². The molecule has 0 amide bonds. The number of hydrogen-bond donors (Lipinski definition) is 1. The first-order valence-corrected chi connectivity index (χ1v) is 10.9. The third-order valence-corrected chi connectivity index (χ3v) is 8.85. The molecule has 0 saturated heterocycles. The summed E-state index contributed by atoms with van der Waals surface area (Å²) in [5, 5.41) is 0. The van der Waals surface area contributed by atoms with Crippen molar-refractivity contribution in [3.8, 4) is 0 Å². The first-order chi connectivity index (χ1) is 10.7. The molecule has 3 fully saturated rings. The lowest BCUT2D eigenvalue weighted by molar-refractivity contribution is -0.128. The van der Waals surface area contributed by atoms with Gasteiger partial charge in [-0.3, -0.25) is 4.79 Å². The van der Waals surface area contributed by atoms with Gasteiger partial charge in [0.05, 0.1) is 5.75 Å². The van der Waals surface area contributed by atoms with Gasteiger partial charge < -0.3 is 0 Å². The highest BCUT2D eigenvalue weighted by Crippen LogP contribution is 2.64. The molecule has 2 bridgehead atoms. The minimum absolute atomic E-state index is 0.00434. The van der Waals surface area contributed by atoms with E-state index in [2.05, 4.69) is 25.5 Å². The minimum atomic E-state index is -3.41. The Morgan fingerprint density at radius 3 is 2.52 bits per heavy atom. The van der Waals surface area contributed by atoms with Crippen LogP contribution >= 0.6 is 0 Å². The van der Waals surface area contributed by atoms with Gasteiger partial charge in [-0.2, -0.15) is 0 Å². The average molecular weight is 342 g/mol. The second kappa shape index (κ2) is 5.83. The molecule has 3 rings (SSSR count). The molecule has 4 nitrogen and oxygen atoms in total. The van der Waals surface area contributed by atoms with Gasteiger partial charge in [-0.05, 0) is 42.9 Å². The molecule has 23 heavy (non-hydrogen) atoms. The van der Waals surface area contributed by atoms with Crippen molar-refractivity contribution < 1.29 is 13.2 Å². The molecule has 3 aliphatic carbocycles. The van der Waals surface area contributed by atoms with Crippen molar-refractivity contribution >= 4 is 15.8 Å². The normalized spacial score (nSPS) is 39.8. The zero-order valence-corrected chi connectivity index (χ0v) is 15.5. The van der Waals surface area contributed by atoms with Gasteiger partial charge in [-0.15, -0.1) is 0 Å². The molecule has 3 aliphatic rings. The molecular formula is C18H31NO3S. The number of carbonyl (C=O) groups excluding carboxylic acids is 1. The zero-order valence-electron chi connectivity index (χ0n) is 14.7. The molecular weight excluding hydrogens is 310 g/mol. The fourth-order valence-corrected chi connectivity index (χ4v) is 7.63. The number of carbonyl (C=O) groups is 1. The Bertz CT molecular complexity index is 583. The molecule has 0 unspecified atom stereocenters. The third kappa shape index (κ3) is 2.88. The molecule has 132 valence electrons. The SMILES string of the molecule is CC[C@@H]1CCC[C@@H](NS(=O)(=O)C[C@@]23CC[C@@H](CC2=O)C3(C)C)C1. The molecule has 0 spiro atoms. The topological polar surface area (TPSA) is 63.2 Å². The van der Waals surface area contributed by atoms with E-state index >= 15 is 0 Å². The Morgan fingerprint density at radius 1 is 1.22 bits per heavy atom. The van der Waals surface area contributed by atoms with E-state index in [9.17, 15) is 13.2 Å². The largest absolute Gasteiger partial charge is 0.299 e. The van der Waals surface area contributed by atoms with Crippen molar-refractivity contribution in [3.05, 3.63) is 0 Å². The van der Waals surface area contributed by atoms with Crippen LogP contribution < -0.4 is 4.72 Å². The van der Waals surface area contributed by atoms with Crippen LogP contribution in [0.3, 0.4) is 0 Å². The highest BCUT2D eigenvalue weighted by Gasteiger charge is 2.65. The summed E-state index contributed by atoms with van der Waals surface area (Å²) in [5.74, 6) is 1.17. The van der Waals surface area contributed by atoms with Crippen LogP contribution in [0.4, 0.5) is 0 Å². The van der Waals surface area contributed by atoms with Crippen LogP contribution in [0.5, 0.6) is 0 Å². The second-order valence-corrected chi connectivity index (χ2v) is 10.4. The standard InChI is InChI=1S/C18H31NO3S/c1-4-13-6-5-7-15(10-13)19-23(21,22)12-18-9-8-14(11-16(18)20)17(18,2)3/h13-15,19H,4-12H2,1-3H3/t13-,14+,15-,18+/m1/s1. The monoisotopic (exact) mass is 341 g/mol. The summed E-state index contributed by atoms with van der Waals surface area (Å²) in [6.07, 6.45) is 7.63. The number of Topliss-reactive ketones (excluding diaryl/α,β-unsaturated/α-hetero) is 1. The van der Waals surface area contributed by atoms with Crippen molar-refractivity contribution in [1.29, 1.82) is 0 Å². The summed E-state index contributed by atoms with van der Waals surface area (Å²) in [7, 11) is -3.41. The van der Waals surface area contributed by atoms with Crippen molar-refractivity contribution in [2.45, 2.75) is 78.2 Å². The van der Waals surface area contributed by atoms with Crippen LogP contribution in [-0.2, 0) is 14.8 Å². The molecule has 0 heterocycles. The van der Waals surface area contributed by atoms with E-state index in [1.54, 1.807) is 0 Å². The molecule has 0 aromatic heterocycles. The van der Waals surface area contributed by atoms with E-state index in [4.69, 9.17) is 0 Å². The predicted octanol–water partition coefficient (Wildman–Crippen LogP) is 3.27. The molecule has 1 N–H and O–H groups in total. The van der Waals surface area contributed by atoms with E-state index in [1.807, 2.05) is 0 Å². The number of rotatable bonds is 5. The van der Waals surface area contributed by atoms with Crippen molar-refractivity contribution in [1.82, 2.24) is 4.72 Å². The number of ketones is 1. The van der Waals surface area contributed by atoms with Gasteiger partial charge in [0.2, 0.25) is 10.0 Å². The fourth-order valence-electron chi connectivity index (χ4n) is 5.50. The van der Waals surface area contributed by atoms with Gasteiger partial charge in [-0.25, -0.2) is 13.1 Å². The second-order valence-electron chi connectivity index (χ2n) is 8.68. The maximum absolute atomic E-state index is 12.8. The fraction of sp³-hybridized carbons (Fsp3) is 0.944. The summed E-state index contributed by atoms with van der Waals surface area (Å²) < 4.78 is 28.5. The molecule has 3 saturated carbocycles. The Balaban J connectivity index is 1.72. The first-order valence-electron chi connectivity index (χ1n) is 9.23. The van der Waals surface area contributed by atoms with Gasteiger partial charge in [0.15, 0.2) is 0 Å². The zero-order chi connectivity index (χ0) is 16.9. The lowest BCUT2D eigenvalue weighted by Crippen LogP contribution is -2.48. The molecule has 0 aliphatic heterocycles. The van der Waals surface area contributed by atoms with Crippen LogP contribution in [0, 0.1) is 22.7 Å². The third-order valence-electron chi connectivity index (χ3n) is 7.28. The Hall–Kier alpha value is -0.420. The Labute approximate surface area is 140 Å². The smallest absolute Gasteiger partial charge is 0.212 e. The predicted molar refractivity (Wildman–Crippen MR) is 91.5 cm³/mol. The van der Waals surface area contributed by atoms with E-state index in [-0.39, 0.29) is 23.0 Å². The van der Waals surface area contributed by atoms with Crippen LogP contribution in [0.1, 0.15) is 72.1 Å². The molecule has 4 atom stereocenters. The maximum Gasteiger partial charge on any atom is 0.212 e. The van der Waals surface area contributed by atoms with E-state index in [1.165, 1.54) is 6.42 Å². The van der Waals surface area contributed by atoms with Gasteiger partial charge >= 0.3 is 0 Å². The summed E-state index contributed by atoms with van der Waals surface area (Å²) >= 11 is 0. The van der Waals surface area contributed by atoms with Gasteiger partial charge in [-0.1, -0.05) is 40.0 Å². The molecule has 0 aromatic carbocycles. The van der Waals surface area contributed by atoms with Crippen LogP contribution in [0.25, 0.3) is 0 Å². The lowest BCUT2D eigenvalue weighted by atomic mass is 9.70. The van der Waals surface area contributed by atoms with Crippen LogP contribution in [-0.4, -0.2) is 26.0 Å². The summed E-state index contributed by atoms with van der Waals surface area (Å²) in [6.45, 7) is 6.37. The quantitative estimate of drug-likeness (QED) is 0.835. The van der Waals surface area contributed by atoms with Crippen molar-refractivity contribution in [2.75, 3.05) is 5.75 Å². The summed E-state index contributed by atoms with van der Waals surface area (Å²) in [4.78, 5) is 12.5. The number of fused-ring (bicyclic) bond motifs is 2. The summed E-state index contributed by atoms with van der Waals surface area (Å²) in [6, 6.07) is 0.0620. The average Bonchev–Trinajstić information content (AvgIpc) is 2.80. The van der Waals surface area contributed by atoms with E-state index < -0.39 is 15.4 Å². The van der Waals surface area contributed by atoms with Gasteiger partial charge in [0, 0.05) is 17.9 Å². The van der Waals surface area contributed by atoms with E-state index in [0.717, 1.165) is 38.5 Å². The highest BCUT2D eigenvalue weighted by atomic mass is 32.2. The molecule has 0 aromatic rings. The highest BCUT2D eigenvalue weighted by molar-refractivity contribution is 7.89. The van der Waals surface area contributed by atoms with Crippen LogP contribution in [0.15, 0.2) is 0 Å². The lowest BCUT2D eigenvalue weighted by Gasteiger charge is -2.37.